The lowest BCUT2D eigenvalue weighted by molar-refractivity contribution is -0.134. The Morgan fingerprint density at radius 2 is 2.00 bits per heavy atom. The summed E-state index contributed by atoms with van der Waals surface area (Å²) in [5.41, 5.74) is 10.5. The third-order valence-corrected chi connectivity index (χ3v) is 5.90. The second-order valence-electron chi connectivity index (χ2n) is 7.65. The van der Waals surface area contributed by atoms with Crippen molar-refractivity contribution in [2.45, 2.75) is 44.2 Å². The lowest BCUT2D eigenvalue weighted by atomic mass is 9.87. The number of benzene rings is 1. The summed E-state index contributed by atoms with van der Waals surface area (Å²) in [4.78, 5) is 15.1. The van der Waals surface area contributed by atoms with E-state index in [2.05, 4.69) is 57.6 Å². The first-order valence-corrected chi connectivity index (χ1v) is 9.60. The maximum Gasteiger partial charge on any atom is 0.241 e. The van der Waals surface area contributed by atoms with Crippen LogP contribution in [0.1, 0.15) is 48.0 Å². The van der Waals surface area contributed by atoms with E-state index in [1.165, 1.54) is 16.8 Å². The predicted octanol–water partition coefficient (Wildman–Crippen LogP) is 2.65. The van der Waals surface area contributed by atoms with Crippen LogP contribution in [0.3, 0.4) is 0 Å². The first-order chi connectivity index (χ1) is 12.6. The van der Waals surface area contributed by atoms with Gasteiger partial charge >= 0.3 is 0 Å². The summed E-state index contributed by atoms with van der Waals surface area (Å²) >= 11 is 0. The number of amides is 1. The van der Waals surface area contributed by atoms with Gasteiger partial charge in [-0.15, -0.1) is 0 Å². The van der Waals surface area contributed by atoms with Gasteiger partial charge in [0.05, 0.1) is 6.04 Å². The number of hydrogen-bond donors (Lipinski definition) is 2. The zero-order chi connectivity index (χ0) is 18.1. The molecule has 0 saturated carbocycles. The number of rotatable bonds is 3. The quantitative estimate of drug-likeness (QED) is 0.893. The molecule has 2 aliphatic rings. The predicted molar refractivity (Wildman–Crippen MR) is 103 cm³/mol. The Bertz CT molecular complexity index is 784. The Kier molecular flexibility index (Phi) is 4.83. The molecule has 3 unspecified atom stereocenters. The van der Waals surface area contributed by atoms with E-state index in [1.54, 1.807) is 0 Å². The van der Waals surface area contributed by atoms with Crippen LogP contribution in [0.5, 0.6) is 0 Å². The second kappa shape index (κ2) is 7.25. The highest BCUT2D eigenvalue weighted by Crippen LogP contribution is 2.30. The molecular formula is C21H28N4O. The minimum atomic E-state index is -0.148. The van der Waals surface area contributed by atoms with Gasteiger partial charge in [-0.2, -0.15) is 0 Å². The molecule has 2 aliphatic heterocycles. The summed E-state index contributed by atoms with van der Waals surface area (Å²) in [5, 5.41) is 0. The van der Waals surface area contributed by atoms with Crippen molar-refractivity contribution in [3.63, 3.8) is 0 Å². The summed E-state index contributed by atoms with van der Waals surface area (Å²) in [6.45, 7) is 3.87. The van der Waals surface area contributed by atoms with Crippen LogP contribution in [0.15, 0.2) is 42.6 Å². The molecule has 0 bridgehead atoms. The van der Waals surface area contributed by atoms with Gasteiger partial charge in [0, 0.05) is 37.9 Å². The molecule has 2 fully saturated rings. The van der Waals surface area contributed by atoms with Gasteiger partial charge in [-0.05, 0) is 49.4 Å². The summed E-state index contributed by atoms with van der Waals surface area (Å²) in [6.07, 6.45) is 5.08. The van der Waals surface area contributed by atoms with Gasteiger partial charge in [-0.1, -0.05) is 24.3 Å². The van der Waals surface area contributed by atoms with Crippen molar-refractivity contribution in [1.29, 1.82) is 0 Å². The fraction of sp³-hybridized carbons (Fsp3) is 0.476. The first kappa shape index (κ1) is 17.3. The number of nitrogens with zero attached hydrogens (tertiary/aromatic N) is 2. The molecule has 0 aliphatic carbocycles. The average molecular weight is 352 g/mol. The molecule has 26 heavy (non-hydrogen) atoms. The zero-order valence-electron chi connectivity index (χ0n) is 15.6. The highest BCUT2D eigenvalue weighted by atomic mass is 16.2. The lowest BCUT2D eigenvalue weighted by Crippen LogP contribution is -2.48. The van der Waals surface area contributed by atoms with Crippen LogP contribution < -0.4 is 10.9 Å². The van der Waals surface area contributed by atoms with Crippen LogP contribution in [-0.2, 0) is 11.8 Å². The highest BCUT2D eigenvalue weighted by Gasteiger charge is 2.35. The summed E-state index contributed by atoms with van der Waals surface area (Å²) in [7, 11) is 2.05. The van der Waals surface area contributed by atoms with E-state index in [4.69, 9.17) is 0 Å². The van der Waals surface area contributed by atoms with Crippen molar-refractivity contribution in [3.8, 4) is 0 Å². The van der Waals surface area contributed by atoms with Crippen molar-refractivity contribution < 1.29 is 4.79 Å². The van der Waals surface area contributed by atoms with Crippen LogP contribution in [0.25, 0.3) is 0 Å². The van der Waals surface area contributed by atoms with Crippen molar-refractivity contribution in [1.82, 2.24) is 20.3 Å². The van der Waals surface area contributed by atoms with E-state index in [1.807, 2.05) is 19.3 Å². The molecule has 5 nitrogen and oxygen atoms in total. The molecule has 0 radical (unpaired) electrons. The third-order valence-electron chi connectivity index (χ3n) is 5.90. The van der Waals surface area contributed by atoms with Crippen molar-refractivity contribution >= 4 is 5.91 Å². The van der Waals surface area contributed by atoms with E-state index < -0.39 is 0 Å². The average Bonchev–Trinajstić information content (AvgIpc) is 3.30. The van der Waals surface area contributed by atoms with Gasteiger partial charge in [0.25, 0.3) is 0 Å². The summed E-state index contributed by atoms with van der Waals surface area (Å²) < 4.78 is 2.11. The molecular weight excluding hydrogens is 324 g/mol. The SMILES string of the molecule is Cc1ccccc1C1CCCN(C(=O)C2CC(c3cccn3C)NN2)C1. The number of aromatic nitrogens is 1. The molecule has 138 valence electrons. The highest BCUT2D eigenvalue weighted by molar-refractivity contribution is 5.82. The van der Waals surface area contributed by atoms with Gasteiger partial charge in [0.15, 0.2) is 0 Å². The molecule has 1 aromatic heterocycles. The van der Waals surface area contributed by atoms with Crippen LogP contribution in [-0.4, -0.2) is 34.5 Å². The minimum absolute atomic E-state index is 0.148. The normalized spacial score (nSPS) is 26.2. The largest absolute Gasteiger partial charge is 0.353 e. The number of nitrogens with one attached hydrogen (secondary N) is 2. The third kappa shape index (κ3) is 3.29. The smallest absolute Gasteiger partial charge is 0.241 e. The van der Waals surface area contributed by atoms with Crippen molar-refractivity contribution in [2.24, 2.45) is 7.05 Å². The van der Waals surface area contributed by atoms with Crippen LogP contribution >= 0.6 is 0 Å². The fourth-order valence-corrected chi connectivity index (χ4v) is 4.44. The Balaban J connectivity index is 1.42. The standard InChI is InChI=1S/C21H28N4O/c1-15-7-3-4-9-17(15)16-8-5-12-25(14-16)21(26)19-13-18(22-23-19)20-10-6-11-24(20)2/h3-4,6-7,9-11,16,18-19,22-23H,5,8,12-14H2,1-2H3. The molecule has 5 heteroatoms. The molecule has 2 N–H and O–H groups in total. The molecule has 2 aromatic rings. The topological polar surface area (TPSA) is 49.3 Å². The Morgan fingerprint density at radius 3 is 2.77 bits per heavy atom. The molecule has 1 amide bonds. The zero-order valence-corrected chi connectivity index (χ0v) is 15.6. The Hall–Kier alpha value is -2.11. The van der Waals surface area contributed by atoms with Crippen molar-refractivity contribution in [3.05, 3.63) is 59.4 Å². The van der Waals surface area contributed by atoms with Gasteiger partial charge in [0.1, 0.15) is 6.04 Å². The van der Waals surface area contributed by atoms with Crippen LogP contribution in [0.2, 0.25) is 0 Å². The second-order valence-corrected chi connectivity index (χ2v) is 7.65. The Labute approximate surface area is 155 Å². The first-order valence-electron chi connectivity index (χ1n) is 9.60. The molecule has 1 aromatic carbocycles. The number of hydrogen-bond acceptors (Lipinski definition) is 3. The molecule has 4 rings (SSSR count). The molecule has 0 spiro atoms. The van der Waals surface area contributed by atoms with Crippen molar-refractivity contribution in [2.75, 3.05) is 13.1 Å². The number of hydrazine groups is 1. The maximum absolute atomic E-state index is 13.1. The summed E-state index contributed by atoms with van der Waals surface area (Å²) in [5.74, 6) is 0.680. The van der Waals surface area contributed by atoms with Gasteiger partial charge in [-0.25, -0.2) is 10.9 Å². The van der Waals surface area contributed by atoms with Gasteiger partial charge in [-0.3, -0.25) is 4.79 Å². The van der Waals surface area contributed by atoms with Gasteiger partial charge in [0.2, 0.25) is 5.91 Å². The van der Waals surface area contributed by atoms with Crippen LogP contribution in [0, 0.1) is 6.92 Å². The monoisotopic (exact) mass is 352 g/mol. The Morgan fingerprint density at radius 1 is 1.15 bits per heavy atom. The molecule has 3 atom stereocenters. The van der Waals surface area contributed by atoms with E-state index >= 15 is 0 Å². The lowest BCUT2D eigenvalue weighted by Gasteiger charge is -2.35. The molecule has 3 heterocycles. The van der Waals surface area contributed by atoms with Crippen LogP contribution in [0.4, 0.5) is 0 Å². The van der Waals surface area contributed by atoms with Gasteiger partial charge < -0.3 is 9.47 Å². The van der Waals surface area contributed by atoms with E-state index in [0.29, 0.717) is 5.92 Å². The fourth-order valence-electron chi connectivity index (χ4n) is 4.44. The van der Waals surface area contributed by atoms with E-state index in [-0.39, 0.29) is 18.0 Å². The minimum Gasteiger partial charge on any atom is -0.353 e. The number of carbonyl (C=O) groups excluding carboxylic acids is 1. The van der Waals surface area contributed by atoms with E-state index in [9.17, 15) is 4.79 Å². The number of carbonyl (C=O) groups is 1. The number of piperidine rings is 1. The number of likely N-dealkylation sites (tertiary alicyclic amines) is 1. The molecule has 2 saturated heterocycles. The number of aryl methyl sites for hydroxylation is 2. The van der Waals surface area contributed by atoms with E-state index in [0.717, 1.165) is 32.4 Å². The summed E-state index contributed by atoms with van der Waals surface area (Å²) in [6, 6.07) is 12.8. The maximum atomic E-state index is 13.1.